The normalized spacial score (nSPS) is 14.6. The Labute approximate surface area is 319 Å². The average molecular weight is 707 g/mol. The topological polar surface area (TPSA) is 31.0 Å². The zero-order valence-electron chi connectivity index (χ0n) is 30.9. The van der Waals surface area contributed by atoms with E-state index < -0.39 is 0 Å². The van der Waals surface area contributed by atoms with E-state index in [1.165, 1.54) is 60.3 Å². The van der Waals surface area contributed by atoms with Crippen molar-refractivity contribution in [1.29, 1.82) is 0 Å². The van der Waals surface area contributed by atoms with E-state index in [-0.39, 0.29) is 0 Å². The number of allylic oxidation sites excluding steroid dienone is 4. The molecule has 1 atom stereocenters. The number of nitrogens with zero attached hydrogens (tertiary/aromatic N) is 2. The van der Waals surface area contributed by atoms with E-state index >= 15 is 0 Å². The van der Waals surface area contributed by atoms with Crippen LogP contribution in [0.5, 0.6) is 0 Å². The summed E-state index contributed by atoms with van der Waals surface area (Å²) < 4.78 is 8.79. The lowest BCUT2D eigenvalue weighted by molar-refractivity contribution is 0.669. The van der Waals surface area contributed by atoms with Crippen LogP contribution >= 0.6 is 0 Å². The molecule has 3 heterocycles. The van der Waals surface area contributed by atoms with Crippen LogP contribution in [0.2, 0.25) is 0 Å². The van der Waals surface area contributed by atoms with Gasteiger partial charge in [-0.25, -0.2) is 4.98 Å². The van der Waals surface area contributed by atoms with E-state index in [1.54, 1.807) is 0 Å². The van der Waals surface area contributed by atoms with Gasteiger partial charge in [0, 0.05) is 38.1 Å². The van der Waals surface area contributed by atoms with Crippen molar-refractivity contribution < 1.29 is 4.42 Å². The molecular weight excluding hydrogens is 669 g/mol. The van der Waals surface area contributed by atoms with Crippen LogP contribution in [0.25, 0.3) is 99.1 Å². The molecule has 0 spiro atoms. The van der Waals surface area contributed by atoms with E-state index in [0.717, 1.165) is 62.8 Å². The van der Waals surface area contributed by atoms with Gasteiger partial charge in [-0.05, 0) is 87.7 Å². The van der Waals surface area contributed by atoms with Crippen LogP contribution in [0, 0.1) is 5.92 Å². The van der Waals surface area contributed by atoms with Gasteiger partial charge in [0.25, 0.3) is 0 Å². The second-order valence-corrected chi connectivity index (χ2v) is 15.0. The highest BCUT2D eigenvalue weighted by Gasteiger charge is 2.25. The smallest absolute Gasteiger partial charge is 0.142 e. The Kier molecular flexibility index (Phi) is 7.18. The minimum atomic E-state index is 0.476. The molecule has 3 heteroatoms. The summed E-state index contributed by atoms with van der Waals surface area (Å²) in [6, 6.07) is 52.6. The van der Waals surface area contributed by atoms with E-state index in [9.17, 15) is 0 Å². The van der Waals surface area contributed by atoms with E-state index in [1.807, 2.05) is 6.07 Å². The van der Waals surface area contributed by atoms with E-state index in [0.29, 0.717) is 5.92 Å². The Morgan fingerprint density at radius 3 is 2.24 bits per heavy atom. The lowest BCUT2D eigenvalue weighted by atomic mass is 9.88. The second-order valence-electron chi connectivity index (χ2n) is 15.0. The number of pyridine rings is 1. The molecule has 0 bridgehead atoms. The van der Waals surface area contributed by atoms with E-state index in [2.05, 4.69) is 176 Å². The number of hydrogen-bond acceptors (Lipinski definition) is 2. The molecule has 0 radical (unpaired) electrons. The zero-order valence-corrected chi connectivity index (χ0v) is 30.9. The summed E-state index contributed by atoms with van der Waals surface area (Å²) in [7, 11) is 0. The minimum absolute atomic E-state index is 0.476. The molecule has 3 aromatic heterocycles. The number of rotatable bonds is 5. The lowest BCUT2D eigenvalue weighted by Gasteiger charge is -2.22. The minimum Gasteiger partial charge on any atom is -0.456 e. The fourth-order valence-electron chi connectivity index (χ4n) is 9.25. The third kappa shape index (κ3) is 4.86. The molecule has 7 aromatic carbocycles. The summed E-state index contributed by atoms with van der Waals surface area (Å²) in [5, 5.41) is 8.44. The van der Waals surface area contributed by atoms with Crippen molar-refractivity contribution in [3.05, 3.63) is 175 Å². The number of para-hydroxylation sites is 3. The molecule has 0 fully saturated rings. The van der Waals surface area contributed by atoms with Crippen LogP contribution in [0.1, 0.15) is 31.4 Å². The Balaban J connectivity index is 1.25. The van der Waals surface area contributed by atoms with Gasteiger partial charge in [0.15, 0.2) is 0 Å². The van der Waals surface area contributed by atoms with Gasteiger partial charge in [-0.1, -0.05) is 147 Å². The van der Waals surface area contributed by atoms with Crippen molar-refractivity contribution in [1.82, 2.24) is 9.55 Å². The highest BCUT2D eigenvalue weighted by molar-refractivity contribution is 6.23. The van der Waals surface area contributed by atoms with E-state index in [4.69, 9.17) is 9.40 Å². The van der Waals surface area contributed by atoms with Crippen molar-refractivity contribution in [2.24, 2.45) is 5.92 Å². The number of aromatic nitrogens is 2. The molecule has 1 aliphatic carbocycles. The molecule has 1 aliphatic rings. The van der Waals surface area contributed by atoms with Gasteiger partial charge in [-0.2, -0.15) is 0 Å². The van der Waals surface area contributed by atoms with Crippen LogP contribution in [0.4, 0.5) is 0 Å². The molecule has 11 rings (SSSR count). The molecule has 1 unspecified atom stereocenters. The third-order valence-corrected chi connectivity index (χ3v) is 11.7. The first-order chi connectivity index (χ1) is 27.2. The van der Waals surface area contributed by atoms with Crippen LogP contribution in [0.3, 0.4) is 0 Å². The Bertz CT molecular complexity index is 3240. The van der Waals surface area contributed by atoms with Gasteiger partial charge in [-0.3, -0.25) is 4.57 Å². The van der Waals surface area contributed by atoms with Gasteiger partial charge >= 0.3 is 0 Å². The number of furan rings is 1. The first kappa shape index (κ1) is 31.8. The molecule has 262 valence electrons. The summed E-state index contributed by atoms with van der Waals surface area (Å²) in [5.74, 6) is 1.47. The molecule has 3 nitrogen and oxygen atoms in total. The van der Waals surface area contributed by atoms with Crippen molar-refractivity contribution in [2.75, 3.05) is 0 Å². The number of fused-ring (bicyclic) bond motifs is 9. The van der Waals surface area contributed by atoms with Crippen LogP contribution in [-0.2, 0) is 6.42 Å². The maximum absolute atomic E-state index is 6.31. The molecule has 0 N–H and O–H groups in total. The zero-order chi connectivity index (χ0) is 36.6. The maximum Gasteiger partial charge on any atom is 0.142 e. The molecule has 0 saturated heterocycles. The molecule has 0 aliphatic heterocycles. The molecule has 55 heavy (non-hydrogen) atoms. The van der Waals surface area contributed by atoms with Gasteiger partial charge in [-0.15, -0.1) is 0 Å². The third-order valence-electron chi connectivity index (χ3n) is 11.7. The summed E-state index contributed by atoms with van der Waals surface area (Å²) >= 11 is 0. The van der Waals surface area contributed by atoms with Crippen molar-refractivity contribution >= 4 is 71.0 Å². The first-order valence-electron chi connectivity index (χ1n) is 19.4. The van der Waals surface area contributed by atoms with Crippen LogP contribution in [-0.4, -0.2) is 9.55 Å². The monoisotopic (exact) mass is 706 g/mol. The van der Waals surface area contributed by atoms with Crippen LogP contribution < -0.4 is 0 Å². The Hall–Kier alpha value is -6.71. The second kappa shape index (κ2) is 12.4. The fourth-order valence-corrected chi connectivity index (χ4v) is 9.25. The standard InChI is InChI=1S/C52H38N2O/c1-3-37-48(36-18-10-14-32(2)30-36)41-20-6-8-25-44(41)53-52(37)54-45-29-28-33-15-4-5-19-38(33)49(45)43-24-12-23-40(51(43)54)35-17-11-16-34(31-35)39-22-13-27-47-50(39)42-21-7-9-26-46(42)55-47/h4-13,15-32H,3,14H2,1-2H3. The van der Waals surface area contributed by atoms with Crippen molar-refractivity contribution in [2.45, 2.75) is 26.7 Å². The average Bonchev–Trinajstić information content (AvgIpc) is 3.79. The fraction of sp³-hybridized carbons (Fsp3) is 0.0962. The van der Waals surface area contributed by atoms with Gasteiger partial charge < -0.3 is 4.42 Å². The summed E-state index contributed by atoms with van der Waals surface area (Å²) in [6.07, 6.45) is 9.01. The molecular formula is C52H38N2O. The first-order valence-corrected chi connectivity index (χ1v) is 19.4. The lowest BCUT2D eigenvalue weighted by Crippen LogP contribution is -2.08. The maximum atomic E-state index is 6.31. The quantitative estimate of drug-likeness (QED) is 0.178. The SMILES string of the molecule is CCc1c(-n2c3ccc4ccccc4c3c3cccc(-c4cccc(-c5cccc6oc7ccccc7c56)c4)c32)nc2ccccc2c1C1=CC(C)CC=C1. The van der Waals surface area contributed by atoms with Crippen LogP contribution in [0.15, 0.2) is 168 Å². The summed E-state index contributed by atoms with van der Waals surface area (Å²) in [5.41, 5.74) is 13.7. The summed E-state index contributed by atoms with van der Waals surface area (Å²) in [6.45, 7) is 4.59. The van der Waals surface area contributed by atoms with Crippen molar-refractivity contribution in [3.8, 4) is 28.1 Å². The predicted octanol–water partition coefficient (Wildman–Crippen LogP) is 14.3. The molecule has 10 aromatic rings. The Morgan fingerprint density at radius 1 is 0.655 bits per heavy atom. The van der Waals surface area contributed by atoms with Gasteiger partial charge in [0.1, 0.15) is 17.0 Å². The number of benzene rings is 7. The number of hydrogen-bond donors (Lipinski definition) is 0. The molecule has 0 saturated carbocycles. The van der Waals surface area contributed by atoms with Gasteiger partial charge in [0.05, 0.1) is 16.6 Å². The molecule has 0 amide bonds. The Morgan fingerprint density at radius 2 is 1.36 bits per heavy atom. The predicted molar refractivity (Wildman–Crippen MR) is 232 cm³/mol. The largest absolute Gasteiger partial charge is 0.456 e. The highest BCUT2D eigenvalue weighted by Crippen LogP contribution is 2.45. The van der Waals surface area contributed by atoms with Gasteiger partial charge in [0.2, 0.25) is 0 Å². The summed E-state index contributed by atoms with van der Waals surface area (Å²) in [4.78, 5) is 5.60. The highest BCUT2D eigenvalue weighted by atomic mass is 16.3. The van der Waals surface area contributed by atoms with Crippen molar-refractivity contribution in [3.63, 3.8) is 0 Å².